The molecule has 0 atom stereocenters. The minimum absolute atomic E-state index is 0.141. The van der Waals surface area contributed by atoms with E-state index in [4.69, 9.17) is 18.2 Å². The molecule has 0 amide bonds. The molecule has 0 bridgehead atoms. The fourth-order valence-electron chi connectivity index (χ4n) is 2.75. The molecule has 0 radical (unpaired) electrons. The first-order valence-electron chi connectivity index (χ1n) is 7.64. The van der Waals surface area contributed by atoms with Crippen LogP contribution in [0, 0.1) is 13.5 Å². The molecule has 0 aliphatic rings. The van der Waals surface area contributed by atoms with E-state index in [2.05, 4.69) is 24.9 Å². The highest BCUT2D eigenvalue weighted by atomic mass is 35.5. The maximum absolute atomic E-state index is 12.2. The van der Waals surface area contributed by atoms with Crippen molar-refractivity contribution in [2.24, 2.45) is 0 Å². The molecule has 126 valence electrons. The predicted octanol–water partition coefficient (Wildman–Crippen LogP) is 3.68. The van der Waals surface area contributed by atoms with Crippen LogP contribution in [0.4, 0.5) is 5.69 Å². The maximum Gasteiger partial charge on any atom is 0.224 e. The highest BCUT2D eigenvalue weighted by Gasteiger charge is 2.15. The van der Waals surface area contributed by atoms with Crippen LogP contribution in [0.3, 0.4) is 0 Å². The third-order valence-corrected chi connectivity index (χ3v) is 4.06. The van der Waals surface area contributed by atoms with E-state index in [1.54, 1.807) is 24.5 Å². The summed E-state index contributed by atoms with van der Waals surface area (Å²) >= 11 is 6.11. The molecule has 0 unspecified atom stereocenters. The van der Waals surface area contributed by atoms with Crippen LogP contribution in [0.25, 0.3) is 32.8 Å². The summed E-state index contributed by atoms with van der Waals surface area (Å²) in [6.45, 7) is 8.97. The Morgan fingerprint density at radius 1 is 1.27 bits per heavy atom. The molecular formula is C18H11ClN6O. The van der Waals surface area contributed by atoms with Gasteiger partial charge in [-0.15, -0.1) is 0 Å². The number of hydrogen-bond acceptors (Lipinski definition) is 4. The normalized spacial score (nSPS) is 10.8. The van der Waals surface area contributed by atoms with E-state index in [0.29, 0.717) is 33.3 Å². The Morgan fingerprint density at radius 2 is 2.12 bits per heavy atom. The second-order valence-corrected chi connectivity index (χ2v) is 6.06. The van der Waals surface area contributed by atoms with Crippen molar-refractivity contribution in [1.82, 2.24) is 24.7 Å². The predicted molar refractivity (Wildman–Crippen MR) is 98.7 cm³/mol. The van der Waals surface area contributed by atoms with Crippen molar-refractivity contribution in [3.8, 4) is 16.9 Å². The molecule has 8 heteroatoms. The Bertz CT molecular complexity index is 1230. The summed E-state index contributed by atoms with van der Waals surface area (Å²) in [6.07, 6.45) is 4.59. The number of fused-ring (bicyclic) bond motifs is 1. The lowest BCUT2D eigenvalue weighted by molar-refractivity contribution is 0.853. The average Bonchev–Trinajstić information content (AvgIpc) is 3.09. The van der Waals surface area contributed by atoms with Gasteiger partial charge in [-0.2, -0.15) is 5.10 Å². The van der Waals surface area contributed by atoms with Crippen molar-refractivity contribution in [2.75, 3.05) is 0 Å². The number of H-pyrrole nitrogens is 1. The molecule has 0 aliphatic carbocycles. The van der Waals surface area contributed by atoms with Gasteiger partial charge in [0.05, 0.1) is 18.2 Å². The topological polar surface area (TPSA) is 80.8 Å². The fourth-order valence-corrected chi connectivity index (χ4v) is 3.00. The molecule has 4 aromatic rings. The first kappa shape index (κ1) is 16.0. The highest BCUT2D eigenvalue weighted by molar-refractivity contribution is 6.29. The van der Waals surface area contributed by atoms with E-state index < -0.39 is 0 Å². The first-order valence-corrected chi connectivity index (χ1v) is 8.02. The molecule has 0 aromatic carbocycles. The number of aromatic amines is 1. The van der Waals surface area contributed by atoms with E-state index in [9.17, 15) is 4.79 Å². The van der Waals surface area contributed by atoms with Gasteiger partial charge in [-0.1, -0.05) is 11.6 Å². The Morgan fingerprint density at radius 3 is 2.85 bits per heavy atom. The summed E-state index contributed by atoms with van der Waals surface area (Å²) in [5, 5.41) is 5.01. The van der Waals surface area contributed by atoms with Gasteiger partial charge in [0.2, 0.25) is 5.69 Å². The number of halogens is 1. The lowest BCUT2D eigenvalue weighted by Gasteiger charge is -2.11. The zero-order chi connectivity index (χ0) is 18.3. The van der Waals surface area contributed by atoms with E-state index in [0.717, 1.165) is 11.3 Å². The van der Waals surface area contributed by atoms with Gasteiger partial charge < -0.3 is 4.98 Å². The van der Waals surface area contributed by atoms with E-state index >= 15 is 0 Å². The molecular weight excluding hydrogens is 352 g/mol. The van der Waals surface area contributed by atoms with Crippen molar-refractivity contribution < 1.29 is 0 Å². The van der Waals surface area contributed by atoms with Crippen molar-refractivity contribution in [1.29, 1.82) is 0 Å². The summed E-state index contributed by atoms with van der Waals surface area (Å²) in [6, 6.07) is 6.76. The molecule has 26 heavy (non-hydrogen) atoms. The quantitative estimate of drug-likeness (QED) is 0.435. The van der Waals surface area contributed by atoms with Gasteiger partial charge in [-0.3, -0.25) is 4.79 Å². The summed E-state index contributed by atoms with van der Waals surface area (Å²) in [4.78, 5) is 27.3. The standard InChI is InChI=1S/C18H11ClN6O/c1-10-5-11(6-16(19)23-10)13-7-14-15(26)3-4-21-17(14)24-18(13)25-9-12(20-2)8-22-25/h3-9H,1H3,(H,21,24,26). The lowest BCUT2D eigenvalue weighted by Crippen LogP contribution is -2.07. The third-order valence-electron chi connectivity index (χ3n) is 3.87. The van der Waals surface area contributed by atoms with Crippen LogP contribution in [0.15, 0.2) is 47.7 Å². The second kappa shape index (κ2) is 6.10. The molecule has 4 aromatic heterocycles. The van der Waals surface area contributed by atoms with E-state index in [-0.39, 0.29) is 5.43 Å². The molecule has 0 saturated carbocycles. The Labute approximate surface area is 152 Å². The zero-order valence-corrected chi connectivity index (χ0v) is 14.3. The van der Waals surface area contributed by atoms with Gasteiger partial charge in [0.15, 0.2) is 11.2 Å². The largest absolute Gasteiger partial charge is 0.346 e. The number of pyridine rings is 3. The summed E-state index contributed by atoms with van der Waals surface area (Å²) in [7, 11) is 0. The molecule has 4 rings (SSSR count). The summed E-state index contributed by atoms with van der Waals surface area (Å²) in [5.41, 5.74) is 2.86. The maximum atomic E-state index is 12.2. The van der Waals surface area contributed by atoms with Gasteiger partial charge in [0.1, 0.15) is 10.8 Å². The zero-order valence-electron chi connectivity index (χ0n) is 13.6. The summed E-state index contributed by atoms with van der Waals surface area (Å²) in [5.74, 6) is 0.482. The minimum Gasteiger partial charge on any atom is -0.346 e. The summed E-state index contributed by atoms with van der Waals surface area (Å²) < 4.78 is 1.51. The Balaban J connectivity index is 2.08. The van der Waals surface area contributed by atoms with Crippen LogP contribution in [0.5, 0.6) is 0 Å². The number of hydrogen-bond donors (Lipinski definition) is 1. The molecule has 4 heterocycles. The van der Waals surface area contributed by atoms with Gasteiger partial charge in [0, 0.05) is 29.7 Å². The smallest absolute Gasteiger partial charge is 0.224 e. The van der Waals surface area contributed by atoms with Gasteiger partial charge in [-0.25, -0.2) is 19.5 Å². The van der Waals surface area contributed by atoms with E-state index in [1.165, 1.54) is 16.9 Å². The third kappa shape index (κ3) is 2.72. The number of rotatable bonds is 2. The van der Waals surface area contributed by atoms with Crippen molar-refractivity contribution in [3.05, 3.63) is 75.3 Å². The molecule has 0 saturated heterocycles. The van der Waals surface area contributed by atoms with Crippen molar-refractivity contribution in [3.63, 3.8) is 0 Å². The molecule has 7 nitrogen and oxygen atoms in total. The number of aryl methyl sites for hydroxylation is 1. The van der Waals surface area contributed by atoms with Gasteiger partial charge in [-0.05, 0) is 30.7 Å². The van der Waals surface area contributed by atoms with Gasteiger partial charge in [0.25, 0.3) is 0 Å². The Hall–Kier alpha value is -3.50. The highest BCUT2D eigenvalue weighted by Crippen LogP contribution is 2.30. The first-order chi connectivity index (χ1) is 12.5. The van der Waals surface area contributed by atoms with Crippen LogP contribution >= 0.6 is 11.6 Å². The molecule has 0 aliphatic heterocycles. The number of nitrogens with zero attached hydrogens (tertiary/aromatic N) is 5. The fraction of sp³-hybridized carbons (Fsp3) is 0.0556. The van der Waals surface area contributed by atoms with Crippen molar-refractivity contribution in [2.45, 2.75) is 6.92 Å². The van der Waals surface area contributed by atoms with Gasteiger partial charge >= 0.3 is 0 Å². The molecule has 0 fully saturated rings. The lowest BCUT2D eigenvalue weighted by atomic mass is 10.1. The number of aromatic nitrogens is 5. The van der Waals surface area contributed by atoms with Crippen LogP contribution < -0.4 is 5.43 Å². The molecule has 0 spiro atoms. The monoisotopic (exact) mass is 362 g/mol. The molecule has 1 N–H and O–H groups in total. The Kier molecular flexibility index (Phi) is 3.75. The van der Waals surface area contributed by atoms with Crippen LogP contribution in [0.2, 0.25) is 5.15 Å². The van der Waals surface area contributed by atoms with Crippen LogP contribution in [-0.2, 0) is 0 Å². The SMILES string of the molecule is [C-]#[N+]c1cnn(-c2nc3[nH]ccc(=O)c3cc2-c2cc(C)nc(Cl)c2)c1. The van der Waals surface area contributed by atoms with Crippen LogP contribution in [-0.4, -0.2) is 24.7 Å². The number of nitrogens with one attached hydrogen (secondary N) is 1. The average molecular weight is 363 g/mol. The van der Waals surface area contributed by atoms with E-state index in [1.807, 2.05) is 13.0 Å². The van der Waals surface area contributed by atoms with Crippen molar-refractivity contribution >= 4 is 28.3 Å². The minimum atomic E-state index is -0.141. The second-order valence-electron chi connectivity index (χ2n) is 5.67. The van der Waals surface area contributed by atoms with Crippen LogP contribution in [0.1, 0.15) is 5.69 Å².